The molecule has 0 aromatic heterocycles. The summed E-state index contributed by atoms with van der Waals surface area (Å²) in [7, 11) is 0. The summed E-state index contributed by atoms with van der Waals surface area (Å²) in [4.78, 5) is 12.5. The van der Waals surface area contributed by atoms with E-state index < -0.39 is 0 Å². The van der Waals surface area contributed by atoms with Crippen LogP contribution in [0.3, 0.4) is 0 Å². The molecule has 1 aliphatic rings. The van der Waals surface area contributed by atoms with Crippen molar-refractivity contribution in [1.82, 2.24) is 4.90 Å². The maximum absolute atomic E-state index is 10.5. The third-order valence-electron chi connectivity index (χ3n) is 3.26. The highest BCUT2D eigenvalue weighted by atomic mass is 35.5. The molecule has 0 amide bonds. The van der Waals surface area contributed by atoms with Crippen LogP contribution in [0.4, 0.5) is 5.69 Å². The fraction of sp³-hybridized carbons (Fsp3) is 0.500. The highest BCUT2D eigenvalue weighted by molar-refractivity contribution is 5.85. The molecule has 0 radical (unpaired) electrons. The van der Waals surface area contributed by atoms with Gasteiger partial charge < -0.3 is 5.73 Å². The number of benzene rings is 1. The first kappa shape index (κ1) is 14.9. The van der Waals surface area contributed by atoms with Gasteiger partial charge in [-0.3, -0.25) is 15.0 Å². The lowest BCUT2D eigenvalue weighted by Crippen LogP contribution is -2.22. The lowest BCUT2D eigenvalue weighted by atomic mass is 10.1. The molecule has 1 aromatic carbocycles. The van der Waals surface area contributed by atoms with Gasteiger partial charge in [-0.25, -0.2) is 0 Å². The van der Waals surface area contributed by atoms with Crippen molar-refractivity contribution in [2.75, 3.05) is 19.6 Å². The van der Waals surface area contributed by atoms with Crippen molar-refractivity contribution in [3.63, 3.8) is 0 Å². The molecule has 6 heteroatoms. The molecule has 0 aliphatic carbocycles. The second-order valence-corrected chi connectivity index (χ2v) is 4.55. The molecule has 5 nitrogen and oxygen atoms in total. The van der Waals surface area contributed by atoms with Crippen molar-refractivity contribution in [1.29, 1.82) is 0 Å². The molecule has 18 heavy (non-hydrogen) atoms. The lowest BCUT2D eigenvalue weighted by Gasteiger charge is -2.15. The molecule has 1 atom stereocenters. The molecular weight excluding hydrogens is 254 g/mol. The van der Waals surface area contributed by atoms with E-state index in [-0.39, 0.29) is 23.0 Å². The number of nitro groups is 1. The Morgan fingerprint density at radius 2 is 2.06 bits per heavy atom. The lowest BCUT2D eigenvalue weighted by molar-refractivity contribution is -0.384. The first-order valence-electron chi connectivity index (χ1n) is 5.85. The van der Waals surface area contributed by atoms with E-state index in [1.54, 1.807) is 12.1 Å². The molecule has 100 valence electrons. The van der Waals surface area contributed by atoms with Crippen molar-refractivity contribution in [2.24, 2.45) is 11.7 Å². The minimum atomic E-state index is -0.371. The number of rotatable bonds is 4. The van der Waals surface area contributed by atoms with E-state index in [0.717, 1.165) is 38.2 Å². The summed E-state index contributed by atoms with van der Waals surface area (Å²) in [5.74, 6) is 0.605. The smallest absolute Gasteiger partial charge is 0.269 e. The molecule has 0 spiro atoms. The number of likely N-dealkylation sites (tertiary alicyclic amines) is 1. The summed E-state index contributed by atoms with van der Waals surface area (Å²) in [5, 5.41) is 10.5. The third-order valence-corrected chi connectivity index (χ3v) is 3.26. The zero-order valence-corrected chi connectivity index (χ0v) is 10.9. The Morgan fingerprint density at radius 1 is 1.39 bits per heavy atom. The number of halogens is 1. The number of nitrogens with zero attached hydrogens (tertiary/aromatic N) is 2. The van der Waals surface area contributed by atoms with Gasteiger partial charge in [0.15, 0.2) is 0 Å². The maximum Gasteiger partial charge on any atom is 0.269 e. The van der Waals surface area contributed by atoms with E-state index in [2.05, 4.69) is 4.90 Å². The minimum Gasteiger partial charge on any atom is -0.330 e. The molecular formula is C12H18ClN3O2. The molecule has 2 rings (SSSR count). The van der Waals surface area contributed by atoms with E-state index >= 15 is 0 Å². The summed E-state index contributed by atoms with van der Waals surface area (Å²) in [6.45, 7) is 3.71. The van der Waals surface area contributed by atoms with Crippen molar-refractivity contribution in [2.45, 2.75) is 13.0 Å². The molecule has 1 unspecified atom stereocenters. The van der Waals surface area contributed by atoms with Gasteiger partial charge in [-0.2, -0.15) is 0 Å². The first-order valence-corrected chi connectivity index (χ1v) is 5.85. The molecule has 1 aliphatic heterocycles. The highest BCUT2D eigenvalue weighted by Gasteiger charge is 2.21. The maximum atomic E-state index is 10.5. The van der Waals surface area contributed by atoms with Gasteiger partial charge in [-0.05, 0) is 31.0 Å². The largest absolute Gasteiger partial charge is 0.330 e. The van der Waals surface area contributed by atoms with Crippen LogP contribution in [-0.2, 0) is 6.54 Å². The SMILES string of the molecule is Cl.NCC1CCN(Cc2ccc([N+](=O)[O-])cc2)C1. The van der Waals surface area contributed by atoms with Crippen LogP contribution in [0.5, 0.6) is 0 Å². The molecule has 1 aromatic rings. The normalized spacial score (nSPS) is 19.5. The summed E-state index contributed by atoms with van der Waals surface area (Å²) < 4.78 is 0. The van der Waals surface area contributed by atoms with Gasteiger partial charge in [0.2, 0.25) is 0 Å². The topological polar surface area (TPSA) is 72.4 Å². The van der Waals surface area contributed by atoms with Gasteiger partial charge in [0.05, 0.1) is 4.92 Å². The Morgan fingerprint density at radius 3 is 2.56 bits per heavy atom. The number of hydrogen-bond acceptors (Lipinski definition) is 4. The molecule has 0 bridgehead atoms. The summed E-state index contributed by atoms with van der Waals surface area (Å²) in [6.07, 6.45) is 1.16. The van der Waals surface area contributed by atoms with Gasteiger partial charge in [0.1, 0.15) is 0 Å². The van der Waals surface area contributed by atoms with Crippen LogP contribution in [0.1, 0.15) is 12.0 Å². The van der Waals surface area contributed by atoms with Crippen LogP contribution in [0.15, 0.2) is 24.3 Å². The third kappa shape index (κ3) is 3.66. The van der Waals surface area contributed by atoms with Crippen molar-refractivity contribution in [3.8, 4) is 0 Å². The quantitative estimate of drug-likeness (QED) is 0.669. The molecule has 1 saturated heterocycles. The number of non-ortho nitro benzene ring substituents is 1. The molecule has 0 saturated carbocycles. The Kier molecular flexibility index (Phi) is 5.53. The predicted octanol–water partition coefficient (Wildman–Crippen LogP) is 1.80. The average Bonchev–Trinajstić information content (AvgIpc) is 2.77. The van der Waals surface area contributed by atoms with E-state index in [1.165, 1.54) is 0 Å². The average molecular weight is 272 g/mol. The second kappa shape index (κ2) is 6.68. The second-order valence-electron chi connectivity index (χ2n) is 4.55. The summed E-state index contributed by atoms with van der Waals surface area (Å²) in [6, 6.07) is 6.78. The van der Waals surface area contributed by atoms with Crippen molar-refractivity contribution < 1.29 is 4.92 Å². The zero-order valence-electron chi connectivity index (χ0n) is 10.1. The fourth-order valence-electron chi connectivity index (χ4n) is 2.23. The highest BCUT2D eigenvalue weighted by Crippen LogP contribution is 2.19. The predicted molar refractivity (Wildman–Crippen MR) is 72.8 cm³/mol. The Hall–Kier alpha value is -1.17. The van der Waals surface area contributed by atoms with Crippen LogP contribution >= 0.6 is 12.4 Å². The van der Waals surface area contributed by atoms with E-state index in [1.807, 2.05) is 12.1 Å². The minimum absolute atomic E-state index is 0. The van der Waals surface area contributed by atoms with E-state index in [0.29, 0.717) is 5.92 Å². The monoisotopic (exact) mass is 271 g/mol. The number of hydrogen-bond donors (Lipinski definition) is 1. The Bertz CT molecular complexity index is 397. The standard InChI is InChI=1S/C12H17N3O2.ClH/c13-7-11-5-6-14(9-11)8-10-1-3-12(4-2-10)15(16)17;/h1-4,11H,5-9,13H2;1H. The van der Waals surface area contributed by atoms with Crippen LogP contribution < -0.4 is 5.73 Å². The van der Waals surface area contributed by atoms with Crippen LogP contribution in [-0.4, -0.2) is 29.5 Å². The zero-order chi connectivity index (χ0) is 12.3. The van der Waals surface area contributed by atoms with Crippen LogP contribution in [0.25, 0.3) is 0 Å². The van der Waals surface area contributed by atoms with Gasteiger partial charge >= 0.3 is 0 Å². The summed E-state index contributed by atoms with van der Waals surface area (Å²) >= 11 is 0. The van der Waals surface area contributed by atoms with Gasteiger partial charge in [0.25, 0.3) is 5.69 Å². The van der Waals surface area contributed by atoms with Gasteiger partial charge in [-0.15, -0.1) is 12.4 Å². The summed E-state index contributed by atoms with van der Waals surface area (Å²) in [5.41, 5.74) is 6.91. The van der Waals surface area contributed by atoms with Gasteiger partial charge in [-0.1, -0.05) is 12.1 Å². The van der Waals surface area contributed by atoms with Crippen LogP contribution in [0, 0.1) is 16.0 Å². The number of nitrogens with two attached hydrogens (primary N) is 1. The van der Waals surface area contributed by atoms with Crippen molar-refractivity contribution >= 4 is 18.1 Å². The first-order chi connectivity index (χ1) is 8.19. The Balaban J connectivity index is 0.00000162. The fourth-order valence-corrected chi connectivity index (χ4v) is 2.23. The molecule has 1 heterocycles. The number of nitro benzene ring substituents is 1. The van der Waals surface area contributed by atoms with Crippen molar-refractivity contribution in [3.05, 3.63) is 39.9 Å². The molecule has 2 N–H and O–H groups in total. The van der Waals surface area contributed by atoms with E-state index in [4.69, 9.17) is 5.73 Å². The van der Waals surface area contributed by atoms with Crippen LogP contribution in [0.2, 0.25) is 0 Å². The van der Waals surface area contributed by atoms with E-state index in [9.17, 15) is 10.1 Å². The van der Waals surface area contributed by atoms with Gasteiger partial charge in [0, 0.05) is 25.2 Å². The molecule has 1 fully saturated rings. The Labute approximate surface area is 113 Å².